The Kier molecular flexibility index (Phi) is 5.36. The summed E-state index contributed by atoms with van der Waals surface area (Å²) < 4.78 is 1.64. The monoisotopic (exact) mass is 332 g/mol. The van der Waals surface area contributed by atoms with Crippen LogP contribution in [0.2, 0.25) is 0 Å². The summed E-state index contributed by atoms with van der Waals surface area (Å²) in [6, 6.07) is 5.29. The van der Waals surface area contributed by atoms with E-state index in [0.29, 0.717) is 13.1 Å². The molecule has 24 heavy (non-hydrogen) atoms. The summed E-state index contributed by atoms with van der Waals surface area (Å²) in [6.07, 6.45) is 3.40. The molecule has 1 atom stereocenters. The maximum absolute atomic E-state index is 11.2. The topological polar surface area (TPSA) is 93.2 Å². The largest absolute Gasteiger partial charge is 0.384 e. The van der Waals surface area contributed by atoms with Gasteiger partial charge < -0.3 is 10.4 Å². The van der Waals surface area contributed by atoms with E-state index in [9.17, 15) is 15.2 Å². The molecule has 2 N–H and O–H groups in total. The normalized spacial score (nSPS) is 13.9. The third-order valence-corrected chi connectivity index (χ3v) is 4.04. The molecule has 0 radical (unpaired) electrons. The Hall–Kier alpha value is -2.25. The fourth-order valence-electron chi connectivity index (χ4n) is 2.60. The summed E-state index contributed by atoms with van der Waals surface area (Å²) in [5.41, 5.74) is 1.35. The minimum absolute atomic E-state index is 0.0960. The van der Waals surface area contributed by atoms with Crippen LogP contribution in [0.1, 0.15) is 43.4 Å². The lowest BCUT2D eigenvalue weighted by Crippen LogP contribution is -2.34. The lowest BCUT2D eigenvalue weighted by Gasteiger charge is -2.22. The van der Waals surface area contributed by atoms with Crippen molar-refractivity contribution in [2.24, 2.45) is 7.05 Å². The van der Waals surface area contributed by atoms with Crippen molar-refractivity contribution in [2.45, 2.75) is 38.8 Å². The molecule has 0 bridgehead atoms. The van der Waals surface area contributed by atoms with E-state index in [1.807, 2.05) is 19.9 Å². The zero-order chi connectivity index (χ0) is 17.9. The van der Waals surface area contributed by atoms with Crippen LogP contribution < -0.4 is 5.32 Å². The smallest absolute Gasteiger partial charge is 0.273 e. The van der Waals surface area contributed by atoms with E-state index in [0.717, 1.165) is 16.7 Å². The van der Waals surface area contributed by atoms with Crippen molar-refractivity contribution in [3.63, 3.8) is 0 Å². The Morgan fingerprint density at radius 3 is 2.71 bits per heavy atom. The maximum Gasteiger partial charge on any atom is 0.273 e. The van der Waals surface area contributed by atoms with Crippen LogP contribution in [0.15, 0.2) is 30.6 Å². The minimum atomic E-state index is -1.06. The average Bonchev–Trinajstić information content (AvgIpc) is 2.94. The van der Waals surface area contributed by atoms with Gasteiger partial charge >= 0.3 is 0 Å². The van der Waals surface area contributed by atoms with Crippen molar-refractivity contribution >= 4 is 5.69 Å². The number of rotatable bonds is 7. The molecule has 0 saturated heterocycles. The predicted molar refractivity (Wildman–Crippen MR) is 91.7 cm³/mol. The summed E-state index contributed by atoms with van der Waals surface area (Å²) in [6.45, 7) is 6.34. The van der Waals surface area contributed by atoms with E-state index in [1.165, 1.54) is 0 Å². The summed E-state index contributed by atoms with van der Waals surface area (Å²) in [5, 5.41) is 29.0. The van der Waals surface area contributed by atoms with Crippen LogP contribution in [-0.2, 0) is 19.2 Å². The standard InChI is InChI=1S/C17H24N4O3/c1-12(2)15-6-5-13(7-16(15)21(23)24)8-18-11-17(3,22)14-9-19-20(4)10-14/h5-7,9-10,12,18,22H,8,11H2,1-4H3. The zero-order valence-corrected chi connectivity index (χ0v) is 14.5. The highest BCUT2D eigenvalue weighted by molar-refractivity contribution is 5.45. The first-order chi connectivity index (χ1) is 11.2. The number of nitrogens with one attached hydrogen (secondary N) is 1. The fourth-order valence-corrected chi connectivity index (χ4v) is 2.60. The molecule has 1 unspecified atom stereocenters. The Bertz CT molecular complexity index is 722. The number of aryl methyl sites for hydroxylation is 1. The quantitative estimate of drug-likeness (QED) is 0.600. The number of hydrogen-bond donors (Lipinski definition) is 2. The van der Waals surface area contributed by atoms with E-state index in [2.05, 4.69) is 10.4 Å². The molecule has 2 rings (SSSR count). The highest BCUT2D eigenvalue weighted by Crippen LogP contribution is 2.27. The lowest BCUT2D eigenvalue weighted by molar-refractivity contribution is -0.385. The van der Waals surface area contributed by atoms with Gasteiger partial charge in [0, 0.05) is 43.5 Å². The molecule has 0 saturated carbocycles. The van der Waals surface area contributed by atoms with Gasteiger partial charge in [-0.15, -0.1) is 0 Å². The predicted octanol–water partition coefficient (Wildman–Crippen LogP) is 2.45. The van der Waals surface area contributed by atoms with Crippen molar-refractivity contribution in [1.29, 1.82) is 0 Å². The molecule has 7 nitrogen and oxygen atoms in total. The van der Waals surface area contributed by atoms with Crippen LogP contribution in [0.25, 0.3) is 0 Å². The van der Waals surface area contributed by atoms with E-state index in [-0.39, 0.29) is 16.5 Å². The maximum atomic E-state index is 11.2. The van der Waals surface area contributed by atoms with Crippen molar-refractivity contribution in [1.82, 2.24) is 15.1 Å². The van der Waals surface area contributed by atoms with Crippen molar-refractivity contribution in [3.05, 3.63) is 57.4 Å². The molecule has 7 heteroatoms. The number of aromatic nitrogens is 2. The van der Waals surface area contributed by atoms with Gasteiger partial charge in [-0.1, -0.05) is 26.0 Å². The molecule has 0 fully saturated rings. The SMILES string of the molecule is CC(C)c1ccc(CNCC(C)(O)c2cnn(C)c2)cc1[N+](=O)[O-]. The Balaban J connectivity index is 2.04. The van der Waals surface area contributed by atoms with Crippen LogP contribution >= 0.6 is 0 Å². The Morgan fingerprint density at radius 2 is 2.17 bits per heavy atom. The molecule has 0 aliphatic heterocycles. The van der Waals surface area contributed by atoms with Crippen molar-refractivity contribution in [3.8, 4) is 0 Å². The van der Waals surface area contributed by atoms with Crippen molar-refractivity contribution < 1.29 is 10.0 Å². The average molecular weight is 332 g/mol. The molecule has 0 aliphatic carbocycles. The van der Waals surface area contributed by atoms with E-state index in [1.54, 1.807) is 43.2 Å². The molecule has 0 aliphatic rings. The van der Waals surface area contributed by atoms with Crippen LogP contribution in [0.4, 0.5) is 5.69 Å². The Labute approximate surface area is 141 Å². The van der Waals surface area contributed by atoms with Crippen LogP contribution in [0.3, 0.4) is 0 Å². The van der Waals surface area contributed by atoms with E-state index >= 15 is 0 Å². The van der Waals surface area contributed by atoms with Gasteiger partial charge in [0.05, 0.1) is 11.1 Å². The number of benzene rings is 1. The molecular formula is C17H24N4O3. The van der Waals surface area contributed by atoms with E-state index in [4.69, 9.17) is 0 Å². The highest BCUT2D eigenvalue weighted by atomic mass is 16.6. The molecule has 1 aromatic carbocycles. The van der Waals surface area contributed by atoms with Gasteiger partial charge in [-0.25, -0.2) is 0 Å². The van der Waals surface area contributed by atoms with Crippen LogP contribution in [-0.4, -0.2) is 26.4 Å². The summed E-state index contributed by atoms with van der Waals surface area (Å²) in [7, 11) is 1.79. The second kappa shape index (κ2) is 7.11. The van der Waals surface area contributed by atoms with Gasteiger partial charge in [0.2, 0.25) is 0 Å². The number of hydrogen-bond acceptors (Lipinski definition) is 5. The van der Waals surface area contributed by atoms with Gasteiger partial charge in [-0.2, -0.15) is 5.10 Å². The van der Waals surface area contributed by atoms with Gasteiger partial charge in [0.15, 0.2) is 0 Å². The number of nitro groups is 1. The third-order valence-electron chi connectivity index (χ3n) is 4.04. The summed E-state index contributed by atoms with van der Waals surface area (Å²) in [4.78, 5) is 10.9. The lowest BCUT2D eigenvalue weighted by atomic mass is 9.98. The summed E-state index contributed by atoms with van der Waals surface area (Å²) >= 11 is 0. The van der Waals surface area contributed by atoms with E-state index < -0.39 is 5.60 Å². The molecule has 2 aromatic rings. The van der Waals surface area contributed by atoms with Crippen molar-refractivity contribution in [2.75, 3.05) is 6.54 Å². The highest BCUT2D eigenvalue weighted by Gasteiger charge is 2.24. The second-order valence-corrected chi connectivity index (χ2v) is 6.59. The van der Waals surface area contributed by atoms with Gasteiger partial charge in [0.1, 0.15) is 5.60 Å². The zero-order valence-electron chi connectivity index (χ0n) is 14.5. The first-order valence-electron chi connectivity index (χ1n) is 7.90. The van der Waals surface area contributed by atoms with Gasteiger partial charge in [-0.3, -0.25) is 14.8 Å². The molecule has 1 heterocycles. The molecular weight excluding hydrogens is 308 g/mol. The summed E-state index contributed by atoms with van der Waals surface area (Å²) in [5.74, 6) is 0.0960. The number of nitrogens with zero attached hydrogens (tertiary/aromatic N) is 3. The first kappa shape index (κ1) is 18.1. The number of aliphatic hydroxyl groups is 1. The fraction of sp³-hybridized carbons (Fsp3) is 0.471. The first-order valence-corrected chi connectivity index (χ1v) is 7.90. The third kappa shape index (κ3) is 4.18. The molecule has 1 aromatic heterocycles. The molecule has 130 valence electrons. The van der Waals surface area contributed by atoms with Crippen LogP contribution in [0.5, 0.6) is 0 Å². The van der Waals surface area contributed by atoms with Crippen LogP contribution in [0, 0.1) is 10.1 Å². The minimum Gasteiger partial charge on any atom is -0.384 e. The van der Waals surface area contributed by atoms with Gasteiger partial charge in [0.25, 0.3) is 5.69 Å². The second-order valence-electron chi connectivity index (χ2n) is 6.59. The van der Waals surface area contributed by atoms with Gasteiger partial charge in [-0.05, 0) is 18.4 Å². The molecule has 0 amide bonds. The molecule has 0 spiro atoms. The number of nitro benzene ring substituents is 1. The Morgan fingerprint density at radius 1 is 1.46 bits per heavy atom.